The van der Waals surface area contributed by atoms with Crippen molar-refractivity contribution in [3.05, 3.63) is 101 Å². The Morgan fingerprint density at radius 3 is 2.38 bits per heavy atom. The van der Waals surface area contributed by atoms with E-state index in [2.05, 4.69) is 36.6 Å². The molecule has 0 radical (unpaired) electrons. The lowest BCUT2D eigenvalue weighted by atomic mass is 10.1. The van der Waals surface area contributed by atoms with Crippen LogP contribution in [0.1, 0.15) is 11.1 Å². The number of anilines is 1. The van der Waals surface area contributed by atoms with Crippen LogP contribution >= 0.6 is 11.8 Å². The quantitative estimate of drug-likeness (QED) is 0.471. The van der Waals surface area contributed by atoms with E-state index in [1.807, 2.05) is 66.7 Å². The molecule has 34 heavy (non-hydrogen) atoms. The third-order valence-electron chi connectivity index (χ3n) is 5.79. The second kappa shape index (κ2) is 11.7. The van der Waals surface area contributed by atoms with Crippen molar-refractivity contribution in [1.29, 1.82) is 0 Å². The zero-order valence-corrected chi connectivity index (χ0v) is 20.2. The van der Waals surface area contributed by atoms with Gasteiger partial charge in [-0.15, -0.1) is 0 Å². The Morgan fingerprint density at radius 2 is 1.62 bits per heavy atom. The number of rotatable bonds is 9. The van der Waals surface area contributed by atoms with E-state index >= 15 is 0 Å². The van der Waals surface area contributed by atoms with Crippen LogP contribution in [0.15, 0.2) is 94.7 Å². The monoisotopic (exact) mass is 472 g/mol. The SMILES string of the molecule is C[NH+](CCNC(=O)CN1C(=O)C(=Cc2ccccc2)Sc2ccccc21)CCc1ccccc1. The summed E-state index contributed by atoms with van der Waals surface area (Å²) >= 11 is 1.45. The smallest absolute Gasteiger partial charge is 0.265 e. The highest BCUT2D eigenvalue weighted by Crippen LogP contribution is 2.41. The molecule has 1 unspecified atom stereocenters. The molecule has 174 valence electrons. The van der Waals surface area contributed by atoms with E-state index in [0.717, 1.165) is 35.7 Å². The van der Waals surface area contributed by atoms with Crippen molar-refractivity contribution in [2.45, 2.75) is 11.3 Å². The van der Waals surface area contributed by atoms with Gasteiger partial charge in [0.25, 0.3) is 5.91 Å². The summed E-state index contributed by atoms with van der Waals surface area (Å²) in [7, 11) is 2.14. The normalized spacial score (nSPS) is 15.1. The average molecular weight is 473 g/mol. The Hall–Kier alpha value is -3.35. The molecule has 3 aromatic carbocycles. The van der Waals surface area contributed by atoms with Crippen LogP contribution < -0.4 is 15.1 Å². The number of hydrogen-bond acceptors (Lipinski definition) is 3. The van der Waals surface area contributed by atoms with Gasteiger partial charge in [0.1, 0.15) is 6.54 Å². The molecule has 0 aliphatic carbocycles. The number of carbonyl (C=O) groups excluding carboxylic acids is 2. The second-order valence-corrected chi connectivity index (χ2v) is 9.51. The molecule has 1 heterocycles. The predicted octanol–water partition coefficient (Wildman–Crippen LogP) is 3.04. The topological polar surface area (TPSA) is 53.9 Å². The highest BCUT2D eigenvalue weighted by molar-refractivity contribution is 8.04. The van der Waals surface area contributed by atoms with Gasteiger partial charge < -0.3 is 10.2 Å². The number of thioether (sulfide) groups is 1. The molecule has 0 spiro atoms. The first-order valence-corrected chi connectivity index (χ1v) is 12.4. The van der Waals surface area contributed by atoms with Gasteiger partial charge in [0.15, 0.2) is 0 Å². The first-order valence-electron chi connectivity index (χ1n) is 11.6. The van der Waals surface area contributed by atoms with Gasteiger partial charge in [-0.05, 0) is 29.3 Å². The molecule has 0 saturated carbocycles. The summed E-state index contributed by atoms with van der Waals surface area (Å²) in [6.45, 7) is 2.41. The minimum absolute atomic E-state index is 0.00555. The predicted molar refractivity (Wildman–Crippen MR) is 139 cm³/mol. The van der Waals surface area contributed by atoms with Crippen molar-refractivity contribution >= 4 is 35.3 Å². The number of fused-ring (bicyclic) bond motifs is 1. The van der Waals surface area contributed by atoms with E-state index in [4.69, 9.17) is 0 Å². The largest absolute Gasteiger partial charge is 0.349 e. The van der Waals surface area contributed by atoms with Gasteiger partial charge in [-0.3, -0.25) is 14.5 Å². The standard InChI is InChI=1S/C28H29N3O2S/c1-30(18-16-22-10-4-2-5-11-22)19-17-29-27(32)21-31-24-14-8-9-15-25(24)34-26(28(31)33)20-23-12-6-3-7-13-23/h2-15,20H,16-19,21H2,1H3,(H,29,32)/p+1. The van der Waals surface area contributed by atoms with E-state index < -0.39 is 0 Å². The van der Waals surface area contributed by atoms with Crippen LogP contribution in [0.25, 0.3) is 6.08 Å². The van der Waals surface area contributed by atoms with Gasteiger partial charge in [-0.1, -0.05) is 84.6 Å². The van der Waals surface area contributed by atoms with Crippen molar-refractivity contribution in [1.82, 2.24) is 5.32 Å². The molecule has 0 fully saturated rings. The number of likely N-dealkylation sites (N-methyl/N-ethyl adjacent to an activating group) is 1. The molecule has 3 aromatic rings. The van der Waals surface area contributed by atoms with Gasteiger partial charge in [0, 0.05) is 11.3 Å². The van der Waals surface area contributed by atoms with Crippen molar-refractivity contribution in [2.24, 2.45) is 0 Å². The molecule has 5 nitrogen and oxygen atoms in total. The minimum Gasteiger partial charge on any atom is -0.349 e. The number of nitrogens with zero attached hydrogens (tertiary/aromatic N) is 1. The number of para-hydroxylation sites is 1. The number of quaternary nitrogens is 1. The summed E-state index contributed by atoms with van der Waals surface area (Å²) < 4.78 is 0. The number of benzene rings is 3. The maximum atomic E-state index is 13.3. The van der Waals surface area contributed by atoms with Gasteiger partial charge in [0.2, 0.25) is 5.91 Å². The molecule has 0 bridgehead atoms. The highest BCUT2D eigenvalue weighted by Gasteiger charge is 2.30. The summed E-state index contributed by atoms with van der Waals surface area (Å²) in [5.74, 6) is -0.293. The van der Waals surface area contributed by atoms with Crippen LogP contribution in [0, 0.1) is 0 Å². The van der Waals surface area contributed by atoms with Gasteiger partial charge in [0.05, 0.1) is 37.3 Å². The zero-order valence-electron chi connectivity index (χ0n) is 19.4. The lowest BCUT2D eigenvalue weighted by Crippen LogP contribution is -3.10. The molecule has 0 aromatic heterocycles. The van der Waals surface area contributed by atoms with Crippen LogP contribution in [0.3, 0.4) is 0 Å². The summed E-state index contributed by atoms with van der Waals surface area (Å²) in [5.41, 5.74) is 3.07. The summed E-state index contributed by atoms with van der Waals surface area (Å²) in [4.78, 5) is 30.6. The number of amides is 2. The summed E-state index contributed by atoms with van der Waals surface area (Å²) in [6, 6.07) is 27.9. The average Bonchev–Trinajstić information content (AvgIpc) is 2.86. The van der Waals surface area contributed by atoms with E-state index in [0.29, 0.717) is 11.4 Å². The van der Waals surface area contributed by atoms with E-state index in [9.17, 15) is 9.59 Å². The third kappa shape index (κ3) is 6.37. The Balaban J connectivity index is 1.34. The number of nitrogens with one attached hydrogen (secondary N) is 2. The van der Waals surface area contributed by atoms with Crippen LogP contribution in [-0.2, 0) is 16.0 Å². The number of hydrogen-bond donors (Lipinski definition) is 2. The molecule has 2 N–H and O–H groups in total. The Labute approximate surface area is 205 Å². The molecular formula is C28H30N3O2S+. The first kappa shape index (κ1) is 23.8. The first-order chi connectivity index (χ1) is 16.6. The molecule has 0 saturated heterocycles. The molecule has 6 heteroatoms. The van der Waals surface area contributed by atoms with E-state index in [1.54, 1.807) is 4.90 Å². The number of carbonyl (C=O) groups is 2. The van der Waals surface area contributed by atoms with Crippen LogP contribution in [0.4, 0.5) is 5.69 Å². The molecule has 2 amide bonds. The van der Waals surface area contributed by atoms with E-state index in [1.165, 1.54) is 22.2 Å². The Bertz CT molecular complexity index is 1150. The van der Waals surface area contributed by atoms with Gasteiger partial charge in [-0.25, -0.2) is 0 Å². The van der Waals surface area contributed by atoms with Crippen LogP contribution in [0.2, 0.25) is 0 Å². The van der Waals surface area contributed by atoms with Gasteiger partial charge in [-0.2, -0.15) is 0 Å². The Kier molecular flexibility index (Phi) is 8.17. The molecule has 1 aliphatic heterocycles. The van der Waals surface area contributed by atoms with E-state index in [-0.39, 0.29) is 18.4 Å². The summed E-state index contributed by atoms with van der Waals surface area (Å²) in [5, 5.41) is 3.00. The fourth-order valence-corrected chi connectivity index (χ4v) is 4.92. The fourth-order valence-electron chi connectivity index (χ4n) is 3.86. The van der Waals surface area contributed by atoms with Crippen molar-refractivity contribution in [2.75, 3.05) is 38.1 Å². The maximum absolute atomic E-state index is 13.3. The molecule has 1 aliphatic rings. The summed E-state index contributed by atoms with van der Waals surface area (Å²) in [6.07, 6.45) is 2.90. The van der Waals surface area contributed by atoms with Crippen molar-refractivity contribution in [3.8, 4) is 0 Å². The van der Waals surface area contributed by atoms with Crippen LogP contribution in [0.5, 0.6) is 0 Å². The lowest BCUT2D eigenvalue weighted by molar-refractivity contribution is -0.878. The zero-order chi connectivity index (χ0) is 23.8. The maximum Gasteiger partial charge on any atom is 0.265 e. The molecule has 4 rings (SSSR count). The molecular weight excluding hydrogens is 442 g/mol. The van der Waals surface area contributed by atoms with Crippen molar-refractivity contribution in [3.63, 3.8) is 0 Å². The lowest BCUT2D eigenvalue weighted by Gasteiger charge is -2.29. The minimum atomic E-state index is -0.148. The van der Waals surface area contributed by atoms with Gasteiger partial charge >= 0.3 is 0 Å². The Morgan fingerprint density at radius 1 is 0.941 bits per heavy atom. The third-order valence-corrected chi connectivity index (χ3v) is 6.87. The molecule has 1 atom stereocenters. The van der Waals surface area contributed by atoms with Crippen LogP contribution in [-0.4, -0.2) is 45.0 Å². The second-order valence-electron chi connectivity index (χ2n) is 8.42. The highest BCUT2D eigenvalue weighted by atomic mass is 32.2. The van der Waals surface area contributed by atoms with Crippen molar-refractivity contribution < 1.29 is 14.5 Å². The fraction of sp³-hybridized carbons (Fsp3) is 0.214.